The standard InChI is InChI=1S/C10H15N3O2/c1-6(2)13-8-5-12(3)4-7(8)9(11-13)10(14)15/h6H,4-5H2,1-3H3,(H,14,15). The molecule has 1 aromatic heterocycles. The van der Waals surface area contributed by atoms with Crippen LogP contribution in [-0.2, 0) is 13.1 Å². The van der Waals surface area contributed by atoms with Gasteiger partial charge in [0.25, 0.3) is 0 Å². The molecule has 5 heteroatoms. The van der Waals surface area contributed by atoms with Gasteiger partial charge in [0.2, 0.25) is 0 Å². The normalized spacial score (nSPS) is 16.0. The molecule has 1 aliphatic heterocycles. The molecule has 5 nitrogen and oxygen atoms in total. The number of aromatic nitrogens is 2. The van der Waals surface area contributed by atoms with E-state index in [0.717, 1.165) is 17.8 Å². The van der Waals surface area contributed by atoms with Gasteiger partial charge in [-0.05, 0) is 20.9 Å². The van der Waals surface area contributed by atoms with E-state index >= 15 is 0 Å². The van der Waals surface area contributed by atoms with Gasteiger partial charge in [0.05, 0.1) is 5.69 Å². The van der Waals surface area contributed by atoms with Crippen molar-refractivity contribution in [1.29, 1.82) is 0 Å². The third-order valence-electron chi connectivity index (χ3n) is 2.66. The van der Waals surface area contributed by atoms with Gasteiger partial charge in [0, 0.05) is 24.7 Å². The topological polar surface area (TPSA) is 58.4 Å². The summed E-state index contributed by atoms with van der Waals surface area (Å²) in [4.78, 5) is 13.1. The van der Waals surface area contributed by atoms with Gasteiger partial charge in [0.15, 0.2) is 5.69 Å². The van der Waals surface area contributed by atoms with E-state index < -0.39 is 5.97 Å². The van der Waals surface area contributed by atoms with E-state index in [0.29, 0.717) is 6.54 Å². The lowest BCUT2D eigenvalue weighted by atomic mass is 10.2. The highest BCUT2D eigenvalue weighted by molar-refractivity contribution is 5.87. The quantitative estimate of drug-likeness (QED) is 0.792. The molecular formula is C10H15N3O2. The average Bonchev–Trinajstić information content (AvgIpc) is 2.59. The van der Waals surface area contributed by atoms with Crippen LogP contribution in [0.25, 0.3) is 0 Å². The van der Waals surface area contributed by atoms with Crippen LogP contribution in [0.2, 0.25) is 0 Å². The third kappa shape index (κ3) is 1.52. The Bertz CT molecular complexity index is 409. The van der Waals surface area contributed by atoms with Crippen molar-refractivity contribution in [2.24, 2.45) is 0 Å². The molecule has 0 aliphatic carbocycles. The molecule has 0 saturated heterocycles. The summed E-state index contributed by atoms with van der Waals surface area (Å²) in [6.07, 6.45) is 0. The number of carbonyl (C=O) groups is 1. The Balaban J connectivity index is 2.53. The van der Waals surface area contributed by atoms with Crippen LogP contribution in [0.3, 0.4) is 0 Å². The summed E-state index contributed by atoms with van der Waals surface area (Å²) in [5, 5.41) is 13.2. The van der Waals surface area contributed by atoms with Crippen LogP contribution < -0.4 is 0 Å². The number of carboxylic acid groups (broad SMARTS) is 1. The fourth-order valence-corrected chi connectivity index (χ4v) is 2.02. The number of carboxylic acids is 1. The number of hydrogen-bond acceptors (Lipinski definition) is 3. The Morgan fingerprint density at radius 1 is 1.47 bits per heavy atom. The summed E-state index contributed by atoms with van der Waals surface area (Å²) in [7, 11) is 1.98. The molecule has 0 unspecified atom stereocenters. The lowest BCUT2D eigenvalue weighted by Gasteiger charge is -2.11. The minimum Gasteiger partial charge on any atom is -0.476 e. The van der Waals surface area contributed by atoms with Gasteiger partial charge in [-0.3, -0.25) is 9.58 Å². The van der Waals surface area contributed by atoms with Gasteiger partial charge in [0.1, 0.15) is 0 Å². The number of nitrogens with zero attached hydrogens (tertiary/aromatic N) is 3. The zero-order chi connectivity index (χ0) is 11.2. The predicted octanol–water partition coefficient (Wildman–Crippen LogP) is 1.11. The maximum absolute atomic E-state index is 11.0. The zero-order valence-electron chi connectivity index (χ0n) is 9.19. The molecule has 1 aromatic rings. The van der Waals surface area contributed by atoms with Gasteiger partial charge >= 0.3 is 5.97 Å². The number of hydrogen-bond donors (Lipinski definition) is 1. The molecule has 0 bridgehead atoms. The largest absolute Gasteiger partial charge is 0.476 e. The lowest BCUT2D eigenvalue weighted by molar-refractivity contribution is 0.0687. The minimum atomic E-state index is -0.930. The van der Waals surface area contributed by atoms with Gasteiger partial charge in [-0.2, -0.15) is 5.10 Å². The maximum Gasteiger partial charge on any atom is 0.356 e. The molecule has 0 saturated carbocycles. The SMILES string of the molecule is CC(C)n1nc(C(=O)O)c2c1CN(C)C2. The molecule has 2 rings (SSSR count). The first-order valence-corrected chi connectivity index (χ1v) is 5.02. The van der Waals surface area contributed by atoms with Crippen molar-refractivity contribution < 1.29 is 9.90 Å². The molecule has 15 heavy (non-hydrogen) atoms. The van der Waals surface area contributed by atoms with Gasteiger partial charge < -0.3 is 5.11 Å². The summed E-state index contributed by atoms with van der Waals surface area (Å²) in [5.41, 5.74) is 2.13. The first kappa shape index (κ1) is 10.2. The lowest BCUT2D eigenvalue weighted by Crippen LogP contribution is -2.15. The molecule has 1 N–H and O–H groups in total. The van der Waals surface area contributed by atoms with Crippen molar-refractivity contribution in [1.82, 2.24) is 14.7 Å². The Morgan fingerprint density at radius 3 is 2.67 bits per heavy atom. The van der Waals surface area contributed by atoms with E-state index in [9.17, 15) is 4.79 Å². The summed E-state index contributed by atoms with van der Waals surface area (Å²) in [5.74, 6) is -0.930. The second-order valence-electron chi connectivity index (χ2n) is 4.29. The van der Waals surface area contributed by atoms with Crippen LogP contribution in [0.15, 0.2) is 0 Å². The zero-order valence-corrected chi connectivity index (χ0v) is 9.19. The first-order chi connectivity index (χ1) is 7.00. The Kier molecular flexibility index (Phi) is 2.26. The van der Waals surface area contributed by atoms with Crippen molar-refractivity contribution in [3.63, 3.8) is 0 Å². The van der Waals surface area contributed by atoms with Crippen LogP contribution in [0.1, 0.15) is 41.6 Å². The molecule has 0 spiro atoms. The molecule has 0 fully saturated rings. The van der Waals surface area contributed by atoms with Crippen molar-refractivity contribution in [3.05, 3.63) is 17.0 Å². The third-order valence-corrected chi connectivity index (χ3v) is 2.66. The second-order valence-corrected chi connectivity index (χ2v) is 4.29. The van der Waals surface area contributed by atoms with E-state index in [4.69, 9.17) is 5.11 Å². The highest BCUT2D eigenvalue weighted by Crippen LogP contribution is 2.26. The summed E-state index contributed by atoms with van der Waals surface area (Å²) in [6, 6.07) is 0.207. The van der Waals surface area contributed by atoms with Gasteiger partial charge in [-0.25, -0.2) is 4.79 Å². The van der Waals surface area contributed by atoms with E-state index in [1.54, 1.807) is 0 Å². The van der Waals surface area contributed by atoms with Crippen molar-refractivity contribution in [2.45, 2.75) is 33.0 Å². The summed E-state index contributed by atoms with van der Waals surface area (Å²) in [6.45, 7) is 5.49. The number of aromatic carboxylic acids is 1. The molecular weight excluding hydrogens is 194 g/mol. The molecule has 2 heterocycles. The fraction of sp³-hybridized carbons (Fsp3) is 0.600. The smallest absolute Gasteiger partial charge is 0.356 e. The number of fused-ring (bicyclic) bond motifs is 1. The van der Waals surface area contributed by atoms with E-state index in [1.807, 2.05) is 25.6 Å². The average molecular weight is 209 g/mol. The van der Waals surface area contributed by atoms with Crippen LogP contribution in [0.5, 0.6) is 0 Å². The first-order valence-electron chi connectivity index (χ1n) is 5.02. The van der Waals surface area contributed by atoms with E-state index in [-0.39, 0.29) is 11.7 Å². The van der Waals surface area contributed by atoms with E-state index in [1.165, 1.54) is 0 Å². The van der Waals surface area contributed by atoms with Crippen LogP contribution in [0.4, 0.5) is 0 Å². The molecule has 0 amide bonds. The molecule has 82 valence electrons. The highest BCUT2D eigenvalue weighted by atomic mass is 16.4. The van der Waals surface area contributed by atoms with Crippen molar-refractivity contribution >= 4 is 5.97 Å². The molecule has 1 aliphatic rings. The van der Waals surface area contributed by atoms with Crippen LogP contribution >= 0.6 is 0 Å². The minimum absolute atomic E-state index is 0.207. The second kappa shape index (κ2) is 3.34. The maximum atomic E-state index is 11.0. The van der Waals surface area contributed by atoms with Crippen LogP contribution in [0, 0.1) is 0 Å². The predicted molar refractivity (Wildman–Crippen MR) is 54.7 cm³/mol. The van der Waals surface area contributed by atoms with Gasteiger partial charge in [-0.15, -0.1) is 0 Å². The monoisotopic (exact) mass is 209 g/mol. The fourth-order valence-electron chi connectivity index (χ4n) is 2.02. The number of rotatable bonds is 2. The Hall–Kier alpha value is -1.36. The Morgan fingerprint density at radius 2 is 2.13 bits per heavy atom. The molecule has 0 radical (unpaired) electrons. The van der Waals surface area contributed by atoms with Gasteiger partial charge in [-0.1, -0.05) is 0 Å². The summed E-state index contributed by atoms with van der Waals surface area (Å²) >= 11 is 0. The molecule has 0 aromatic carbocycles. The summed E-state index contributed by atoms with van der Waals surface area (Å²) < 4.78 is 1.82. The Labute approximate surface area is 88.3 Å². The highest BCUT2D eigenvalue weighted by Gasteiger charge is 2.29. The van der Waals surface area contributed by atoms with Crippen LogP contribution in [-0.4, -0.2) is 32.8 Å². The van der Waals surface area contributed by atoms with Crippen molar-refractivity contribution in [3.8, 4) is 0 Å². The van der Waals surface area contributed by atoms with Crippen molar-refractivity contribution in [2.75, 3.05) is 7.05 Å². The van der Waals surface area contributed by atoms with E-state index in [2.05, 4.69) is 10.00 Å². The molecule has 0 atom stereocenters.